The lowest BCUT2D eigenvalue weighted by atomic mass is 10.0. The molecule has 2 nitrogen and oxygen atoms in total. The van der Waals surface area contributed by atoms with Crippen LogP contribution < -0.4 is 0 Å². The second-order valence-electron chi connectivity index (χ2n) is 3.40. The van der Waals surface area contributed by atoms with Gasteiger partial charge in [-0.25, -0.2) is 8.78 Å². The number of hydrogen-bond acceptors (Lipinski definition) is 2. The van der Waals surface area contributed by atoms with Crippen molar-refractivity contribution in [1.82, 2.24) is 0 Å². The normalized spacial score (nSPS) is 12.9. The van der Waals surface area contributed by atoms with Crippen molar-refractivity contribution in [1.29, 1.82) is 0 Å². The molecule has 0 spiro atoms. The van der Waals surface area contributed by atoms with Crippen molar-refractivity contribution in [3.05, 3.63) is 35.4 Å². The Balaban J connectivity index is 2.65. The number of hydrogen-bond donors (Lipinski definition) is 1. The van der Waals surface area contributed by atoms with E-state index in [9.17, 15) is 18.7 Å². The van der Waals surface area contributed by atoms with Crippen molar-refractivity contribution in [2.75, 3.05) is 0 Å². The van der Waals surface area contributed by atoms with Crippen molar-refractivity contribution in [2.24, 2.45) is 0 Å². The number of aliphatic hydroxyl groups is 1. The molecule has 0 aliphatic carbocycles. The van der Waals surface area contributed by atoms with Gasteiger partial charge in [0.2, 0.25) is 5.78 Å². The van der Waals surface area contributed by atoms with E-state index in [1.165, 1.54) is 0 Å². The quantitative estimate of drug-likeness (QED) is 0.834. The summed E-state index contributed by atoms with van der Waals surface area (Å²) in [6.45, 7) is 1.88. The third-order valence-electron chi connectivity index (χ3n) is 2.10. The molecule has 1 aromatic carbocycles. The average molecular weight is 214 g/mol. The number of Topliss-reactive ketones (excluding diaryl/α,β-unsaturated/α-hetero) is 1. The zero-order valence-corrected chi connectivity index (χ0v) is 8.28. The number of carbonyl (C=O) groups is 1. The van der Waals surface area contributed by atoms with Crippen LogP contribution in [0.15, 0.2) is 24.3 Å². The highest BCUT2D eigenvalue weighted by molar-refractivity contribution is 5.82. The van der Waals surface area contributed by atoms with Gasteiger partial charge in [-0.05, 0) is 12.5 Å². The maximum Gasteiger partial charge on any atom is 0.296 e. The van der Waals surface area contributed by atoms with Gasteiger partial charge in [0.25, 0.3) is 6.43 Å². The molecule has 0 fully saturated rings. The summed E-state index contributed by atoms with van der Waals surface area (Å²) in [4.78, 5) is 10.7. The Morgan fingerprint density at radius 3 is 2.33 bits per heavy atom. The number of aliphatic hydroxyl groups excluding tert-OH is 1. The number of alkyl halides is 2. The first-order valence-electron chi connectivity index (χ1n) is 4.56. The Morgan fingerprint density at radius 2 is 1.87 bits per heavy atom. The number of rotatable bonds is 4. The smallest absolute Gasteiger partial charge is 0.296 e. The van der Waals surface area contributed by atoms with E-state index >= 15 is 0 Å². The molecule has 1 rings (SSSR count). The first kappa shape index (κ1) is 11.8. The fourth-order valence-electron chi connectivity index (χ4n) is 1.19. The Bertz CT molecular complexity index is 333. The van der Waals surface area contributed by atoms with E-state index < -0.39 is 24.7 Å². The van der Waals surface area contributed by atoms with Gasteiger partial charge >= 0.3 is 0 Å². The fraction of sp³-hybridized carbons (Fsp3) is 0.364. The molecular formula is C11H12F2O2. The zero-order chi connectivity index (χ0) is 11.4. The summed E-state index contributed by atoms with van der Waals surface area (Å²) in [6.07, 6.45) is -4.70. The van der Waals surface area contributed by atoms with Crippen LogP contribution in [0.5, 0.6) is 0 Å². The van der Waals surface area contributed by atoms with Crippen LogP contribution in [0.1, 0.15) is 23.7 Å². The second kappa shape index (κ2) is 4.98. The lowest BCUT2D eigenvalue weighted by Crippen LogP contribution is -2.14. The molecule has 0 aliphatic heterocycles. The molecule has 4 heteroatoms. The second-order valence-corrected chi connectivity index (χ2v) is 3.40. The maximum atomic E-state index is 11.9. The third kappa shape index (κ3) is 3.40. The number of ketones is 1. The molecule has 1 aromatic rings. The van der Waals surface area contributed by atoms with Gasteiger partial charge in [-0.15, -0.1) is 0 Å². The van der Waals surface area contributed by atoms with Gasteiger partial charge in [0.05, 0.1) is 6.10 Å². The fourth-order valence-corrected chi connectivity index (χ4v) is 1.19. The van der Waals surface area contributed by atoms with Gasteiger partial charge in [-0.1, -0.05) is 29.8 Å². The number of benzene rings is 1. The SMILES string of the molecule is Cc1ccc(C(O)CC(=O)C(F)F)cc1. The monoisotopic (exact) mass is 214 g/mol. The van der Waals surface area contributed by atoms with E-state index in [0.717, 1.165) is 5.56 Å². The van der Waals surface area contributed by atoms with Gasteiger partial charge in [-0.3, -0.25) is 4.79 Å². The molecule has 0 aromatic heterocycles. The Kier molecular flexibility index (Phi) is 3.91. The molecule has 0 amide bonds. The minimum atomic E-state index is -3.01. The van der Waals surface area contributed by atoms with Crippen LogP contribution in [0, 0.1) is 6.92 Å². The summed E-state index contributed by atoms with van der Waals surface area (Å²) >= 11 is 0. The summed E-state index contributed by atoms with van der Waals surface area (Å²) in [5, 5.41) is 9.48. The van der Waals surface area contributed by atoms with E-state index in [-0.39, 0.29) is 0 Å². The van der Waals surface area contributed by atoms with Crippen LogP contribution in [-0.2, 0) is 4.79 Å². The highest BCUT2D eigenvalue weighted by atomic mass is 19.3. The molecule has 0 bridgehead atoms. The largest absolute Gasteiger partial charge is 0.388 e. The molecule has 1 N–H and O–H groups in total. The van der Waals surface area contributed by atoms with Crippen LogP contribution >= 0.6 is 0 Å². The van der Waals surface area contributed by atoms with E-state index in [1.54, 1.807) is 24.3 Å². The van der Waals surface area contributed by atoms with Crippen LogP contribution in [0.3, 0.4) is 0 Å². The Morgan fingerprint density at radius 1 is 1.33 bits per heavy atom. The third-order valence-corrected chi connectivity index (χ3v) is 2.10. The first-order chi connectivity index (χ1) is 7.00. The Labute approximate surface area is 86.5 Å². The van der Waals surface area contributed by atoms with Crippen LogP contribution in [-0.4, -0.2) is 17.3 Å². The molecule has 15 heavy (non-hydrogen) atoms. The van der Waals surface area contributed by atoms with Gasteiger partial charge in [0, 0.05) is 6.42 Å². The minimum Gasteiger partial charge on any atom is -0.388 e. The topological polar surface area (TPSA) is 37.3 Å². The summed E-state index contributed by atoms with van der Waals surface area (Å²) in [5.74, 6) is -1.23. The first-order valence-corrected chi connectivity index (χ1v) is 4.56. The van der Waals surface area contributed by atoms with Crippen LogP contribution in [0.2, 0.25) is 0 Å². The molecule has 1 unspecified atom stereocenters. The number of halogens is 2. The predicted molar refractivity (Wildman–Crippen MR) is 51.8 cm³/mol. The van der Waals surface area contributed by atoms with Gasteiger partial charge < -0.3 is 5.11 Å². The standard InChI is InChI=1S/C11H12F2O2/c1-7-2-4-8(5-3-7)9(14)6-10(15)11(12)13/h2-5,9,11,14H,6H2,1H3. The lowest BCUT2D eigenvalue weighted by Gasteiger charge is -2.09. The predicted octanol–water partition coefficient (Wildman–Crippen LogP) is 2.25. The van der Waals surface area contributed by atoms with Gasteiger partial charge in [-0.2, -0.15) is 0 Å². The highest BCUT2D eigenvalue weighted by Gasteiger charge is 2.20. The van der Waals surface area contributed by atoms with Crippen molar-refractivity contribution >= 4 is 5.78 Å². The molecule has 0 aliphatic rings. The molecular weight excluding hydrogens is 202 g/mol. The molecule has 1 atom stereocenters. The van der Waals surface area contributed by atoms with Gasteiger partial charge in [0.1, 0.15) is 0 Å². The summed E-state index contributed by atoms with van der Waals surface area (Å²) in [5.41, 5.74) is 1.49. The van der Waals surface area contributed by atoms with Gasteiger partial charge in [0.15, 0.2) is 0 Å². The lowest BCUT2D eigenvalue weighted by molar-refractivity contribution is -0.131. The number of carbonyl (C=O) groups excluding carboxylic acids is 1. The zero-order valence-electron chi connectivity index (χ0n) is 8.28. The van der Waals surface area contributed by atoms with Crippen molar-refractivity contribution < 1.29 is 18.7 Å². The average Bonchev–Trinajstić information content (AvgIpc) is 2.18. The number of aryl methyl sites for hydroxylation is 1. The molecule has 0 saturated heterocycles. The van der Waals surface area contributed by atoms with E-state index in [2.05, 4.69) is 0 Å². The van der Waals surface area contributed by atoms with E-state index in [1.807, 2.05) is 6.92 Å². The van der Waals surface area contributed by atoms with Crippen molar-refractivity contribution in [3.63, 3.8) is 0 Å². The highest BCUT2D eigenvalue weighted by Crippen LogP contribution is 2.18. The van der Waals surface area contributed by atoms with E-state index in [0.29, 0.717) is 5.56 Å². The summed E-state index contributed by atoms with van der Waals surface area (Å²) in [7, 11) is 0. The Hall–Kier alpha value is -1.29. The van der Waals surface area contributed by atoms with Crippen molar-refractivity contribution in [3.8, 4) is 0 Å². The molecule has 82 valence electrons. The van der Waals surface area contributed by atoms with Crippen molar-refractivity contribution in [2.45, 2.75) is 25.9 Å². The minimum absolute atomic E-state index is 0.481. The van der Waals surface area contributed by atoms with E-state index in [4.69, 9.17) is 0 Å². The van der Waals surface area contributed by atoms with Crippen LogP contribution in [0.25, 0.3) is 0 Å². The summed E-state index contributed by atoms with van der Waals surface area (Å²) < 4.78 is 23.8. The maximum absolute atomic E-state index is 11.9. The van der Waals surface area contributed by atoms with Crippen LogP contribution in [0.4, 0.5) is 8.78 Å². The molecule has 0 radical (unpaired) electrons. The molecule has 0 saturated carbocycles. The molecule has 0 heterocycles. The summed E-state index contributed by atoms with van der Waals surface area (Å²) in [6, 6.07) is 6.76.